The van der Waals surface area contributed by atoms with Crippen LogP contribution >= 0.6 is 0 Å². The second kappa shape index (κ2) is 4.97. The van der Waals surface area contributed by atoms with Gasteiger partial charge in [-0.05, 0) is 33.1 Å². The van der Waals surface area contributed by atoms with Crippen molar-refractivity contribution in [1.29, 1.82) is 0 Å². The first-order chi connectivity index (χ1) is 6.98. The highest BCUT2D eigenvalue weighted by atomic mass is 16.5. The van der Waals surface area contributed by atoms with Gasteiger partial charge in [0.05, 0.1) is 7.11 Å². The van der Waals surface area contributed by atoms with Crippen LogP contribution < -0.4 is 5.32 Å². The van der Waals surface area contributed by atoms with Crippen molar-refractivity contribution < 1.29 is 9.53 Å². The Kier molecular flexibility index (Phi) is 4.14. The Morgan fingerprint density at radius 3 is 2.47 bits per heavy atom. The molecule has 1 aliphatic carbocycles. The van der Waals surface area contributed by atoms with Crippen molar-refractivity contribution in [2.45, 2.75) is 58.0 Å². The van der Waals surface area contributed by atoms with E-state index in [1.165, 1.54) is 26.4 Å². The number of ether oxygens (including phenoxy) is 1. The highest BCUT2D eigenvalue weighted by Gasteiger charge is 2.38. The molecule has 3 heteroatoms. The summed E-state index contributed by atoms with van der Waals surface area (Å²) < 4.78 is 4.88. The second-order valence-corrected chi connectivity index (χ2v) is 5.12. The molecule has 0 spiro atoms. The number of carbonyl (C=O) groups excluding carboxylic acids is 1. The molecule has 0 bridgehead atoms. The molecule has 3 nitrogen and oxygen atoms in total. The molecule has 1 fully saturated rings. The summed E-state index contributed by atoms with van der Waals surface area (Å²) in [4.78, 5) is 11.8. The van der Waals surface area contributed by atoms with Crippen LogP contribution in [-0.2, 0) is 9.53 Å². The quantitative estimate of drug-likeness (QED) is 0.711. The Labute approximate surface area is 92.6 Å². The molecule has 0 aromatic heterocycles. The highest BCUT2D eigenvalue weighted by Crippen LogP contribution is 2.34. The van der Waals surface area contributed by atoms with Crippen molar-refractivity contribution in [3.05, 3.63) is 0 Å². The summed E-state index contributed by atoms with van der Waals surface area (Å²) in [6.45, 7) is 6.07. The van der Waals surface area contributed by atoms with Gasteiger partial charge in [0.2, 0.25) is 0 Å². The van der Waals surface area contributed by atoms with Gasteiger partial charge in [-0.3, -0.25) is 10.1 Å². The lowest BCUT2D eigenvalue weighted by Crippen LogP contribution is -2.54. The van der Waals surface area contributed by atoms with Crippen LogP contribution in [0, 0.1) is 5.92 Å². The molecule has 0 amide bonds. The van der Waals surface area contributed by atoms with Gasteiger partial charge in [-0.2, -0.15) is 0 Å². The molecule has 1 N–H and O–H groups in total. The first-order valence-electron chi connectivity index (χ1n) is 5.84. The molecule has 1 aliphatic rings. The number of hydrogen-bond donors (Lipinski definition) is 1. The van der Waals surface area contributed by atoms with E-state index in [0.29, 0.717) is 12.0 Å². The molecule has 0 aliphatic heterocycles. The fourth-order valence-corrected chi connectivity index (χ4v) is 2.34. The molecular weight excluding hydrogens is 190 g/mol. The van der Waals surface area contributed by atoms with Gasteiger partial charge in [0.1, 0.15) is 5.54 Å². The van der Waals surface area contributed by atoms with E-state index in [-0.39, 0.29) is 5.97 Å². The predicted octanol–water partition coefficient (Wildman–Crippen LogP) is 2.11. The molecule has 15 heavy (non-hydrogen) atoms. The zero-order valence-corrected chi connectivity index (χ0v) is 10.3. The lowest BCUT2D eigenvalue weighted by atomic mass is 9.76. The summed E-state index contributed by atoms with van der Waals surface area (Å²) in [6.07, 6.45) is 4.72. The van der Waals surface area contributed by atoms with Gasteiger partial charge in [-0.25, -0.2) is 0 Å². The number of hydrogen-bond acceptors (Lipinski definition) is 3. The van der Waals surface area contributed by atoms with E-state index >= 15 is 0 Å². The minimum Gasteiger partial charge on any atom is -0.468 e. The van der Waals surface area contributed by atoms with Gasteiger partial charge in [-0.15, -0.1) is 0 Å². The third-order valence-corrected chi connectivity index (χ3v) is 3.16. The van der Waals surface area contributed by atoms with Crippen molar-refractivity contribution in [3.8, 4) is 0 Å². The average molecular weight is 213 g/mol. The highest BCUT2D eigenvalue weighted by molar-refractivity contribution is 5.80. The third kappa shape index (κ3) is 3.20. The van der Waals surface area contributed by atoms with Crippen LogP contribution in [0.5, 0.6) is 0 Å². The Balaban J connectivity index is 2.60. The van der Waals surface area contributed by atoms with Crippen molar-refractivity contribution in [1.82, 2.24) is 5.32 Å². The monoisotopic (exact) mass is 213 g/mol. The smallest absolute Gasteiger partial charge is 0.325 e. The lowest BCUT2D eigenvalue weighted by Gasteiger charge is -2.36. The summed E-state index contributed by atoms with van der Waals surface area (Å²) in [5.74, 6) is 0.559. The SMILES string of the molecule is COC(=O)C(C)(CC1CCC1)NC(C)C. The Bertz CT molecular complexity index is 224. The molecule has 1 saturated carbocycles. The molecule has 1 atom stereocenters. The summed E-state index contributed by atoms with van der Waals surface area (Å²) in [5, 5.41) is 3.33. The van der Waals surface area contributed by atoms with Crippen molar-refractivity contribution >= 4 is 5.97 Å². The van der Waals surface area contributed by atoms with Gasteiger partial charge in [0.25, 0.3) is 0 Å². The number of esters is 1. The molecule has 0 heterocycles. The topological polar surface area (TPSA) is 38.3 Å². The van der Waals surface area contributed by atoms with Gasteiger partial charge in [0, 0.05) is 6.04 Å². The van der Waals surface area contributed by atoms with E-state index in [1.807, 2.05) is 6.92 Å². The van der Waals surface area contributed by atoms with Crippen LogP contribution in [0.3, 0.4) is 0 Å². The number of methoxy groups -OCH3 is 1. The van der Waals surface area contributed by atoms with Crippen molar-refractivity contribution in [2.24, 2.45) is 5.92 Å². The third-order valence-electron chi connectivity index (χ3n) is 3.16. The molecule has 0 aromatic carbocycles. The number of carbonyl (C=O) groups is 1. The second-order valence-electron chi connectivity index (χ2n) is 5.12. The predicted molar refractivity (Wildman–Crippen MR) is 60.7 cm³/mol. The summed E-state index contributed by atoms with van der Waals surface area (Å²) in [5.41, 5.74) is -0.506. The zero-order valence-electron chi connectivity index (χ0n) is 10.3. The Hall–Kier alpha value is -0.570. The van der Waals surface area contributed by atoms with Crippen LogP contribution in [0.1, 0.15) is 46.5 Å². The maximum Gasteiger partial charge on any atom is 0.325 e. The average Bonchev–Trinajstić information content (AvgIpc) is 2.09. The number of rotatable bonds is 5. The van der Waals surface area contributed by atoms with Gasteiger partial charge in [0.15, 0.2) is 0 Å². The van der Waals surface area contributed by atoms with E-state index in [0.717, 1.165) is 6.42 Å². The fraction of sp³-hybridized carbons (Fsp3) is 0.917. The first kappa shape index (κ1) is 12.5. The normalized spacial score (nSPS) is 20.9. The van der Waals surface area contributed by atoms with E-state index in [4.69, 9.17) is 4.74 Å². The molecular formula is C12H23NO2. The van der Waals surface area contributed by atoms with Crippen molar-refractivity contribution in [2.75, 3.05) is 7.11 Å². The van der Waals surface area contributed by atoms with Crippen LogP contribution in [0.25, 0.3) is 0 Å². The van der Waals surface area contributed by atoms with E-state index in [9.17, 15) is 4.79 Å². The largest absolute Gasteiger partial charge is 0.468 e. The zero-order chi connectivity index (χ0) is 11.5. The summed E-state index contributed by atoms with van der Waals surface area (Å²) in [6, 6.07) is 0.300. The number of nitrogens with one attached hydrogen (secondary N) is 1. The fourth-order valence-electron chi connectivity index (χ4n) is 2.34. The first-order valence-corrected chi connectivity index (χ1v) is 5.84. The van der Waals surface area contributed by atoms with Crippen LogP contribution in [0.15, 0.2) is 0 Å². The molecule has 0 radical (unpaired) electrons. The van der Waals surface area contributed by atoms with Gasteiger partial charge >= 0.3 is 5.97 Å². The van der Waals surface area contributed by atoms with Gasteiger partial charge in [-0.1, -0.05) is 19.3 Å². The van der Waals surface area contributed by atoms with Gasteiger partial charge < -0.3 is 4.74 Å². The maximum atomic E-state index is 11.8. The summed E-state index contributed by atoms with van der Waals surface area (Å²) in [7, 11) is 1.46. The van der Waals surface area contributed by atoms with Crippen molar-refractivity contribution in [3.63, 3.8) is 0 Å². The standard InChI is InChI=1S/C12H23NO2/c1-9(2)13-12(3,11(14)15-4)8-10-6-5-7-10/h9-10,13H,5-8H2,1-4H3. The molecule has 0 saturated heterocycles. The maximum absolute atomic E-state index is 11.8. The van der Waals surface area contributed by atoms with E-state index in [2.05, 4.69) is 19.2 Å². The van der Waals surface area contributed by atoms with E-state index in [1.54, 1.807) is 0 Å². The molecule has 1 unspecified atom stereocenters. The summed E-state index contributed by atoms with van der Waals surface area (Å²) >= 11 is 0. The molecule has 0 aromatic rings. The molecule has 1 rings (SSSR count). The van der Waals surface area contributed by atoms with E-state index < -0.39 is 5.54 Å². The molecule has 88 valence electrons. The minimum atomic E-state index is -0.506. The van der Waals surface area contributed by atoms with Crippen LogP contribution in [-0.4, -0.2) is 24.7 Å². The van der Waals surface area contributed by atoms with Crippen LogP contribution in [0.4, 0.5) is 0 Å². The lowest BCUT2D eigenvalue weighted by molar-refractivity contribution is -0.149. The minimum absolute atomic E-state index is 0.136. The Morgan fingerprint density at radius 1 is 1.53 bits per heavy atom. The Morgan fingerprint density at radius 2 is 2.13 bits per heavy atom. The van der Waals surface area contributed by atoms with Crippen LogP contribution in [0.2, 0.25) is 0 Å².